The summed E-state index contributed by atoms with van der Waals surface area (Å²) >= 11 is 6.83. The number of halogens is 1. The van der Waals surface area contributed by atoms with Gasteiger partial charge in [-0.15, -0.1) is 0 Å². The molecule has 8 heteroatoms. The van der Waals surface area contributed by atoms with Crippen LogP contribution in [0.1, 0.15) is 31.0 Å². The van der Waals surface area contributed by atoms with Crippen molar-refractivity contribution in [2.75, 3.05) is 10.6 Å². The van der Waals surface area contributed by atoms with Gasteiger partial charge in [0.2, 0.25) is 5.91 Å². The number of benzene rings is 3. The van der Waals surface area contributed by atoms with Crippen molar-refractivity contribution in [2.45, 2.75) is 26.8 Å². The largest absolute Gasteiger partial charge is 0.362 e. The molecule has 0 spiro atoms. The zero-order chi connectivity index (χ0) is 25.2. The van der Waals surface area contributed by atoms with E-state index < -0.39 is 0 Å². The number of hydrogen-bond donors (Lipinski definition) is 3. The third-order valence-corrected chi connectivity index (χ3v) is 6.55. The van der Waals surface area contributed by atoms with E-state index in [0.717, 1.165) is 44.6 Å². The fraction of sp³-hybridized carbons (Fsp3) is 0.143. The van der Waals surface area contributed by atoms with E-state index in [2.05, 4.69) is 49.6 Å². The van der Waals surface area contributed by atoms with Crippen molar-refractivity contribution >= 4 is 40.2 Å². The zero-order valence-corrected chi connectivity index (χ0v) is 20.9. The fourth-order valence-corrected chi connectivity index (χ4v) is 4.68. The zero-order valence-electron chi connectivity index (χ0n) is 20.1. The molecule has 180 valence electrons. The Morgan fingerprint density at radius 3 is 2.42 bits per heavy atom. The Balaban J connectivity index is 1.67. The molecule has 1 atom stereocenters. The molecule has 0 bridgehead atoms. The number of imidazole rings is 1. The molecule has 1 amide bonds. The maximum absolute atomic E-state index is 11.5. The molecule has 2 heterocycles. The van der Waals surface area contributed by atoms with Crippen LogP contribution in [0.3, 0.4) is 0 Å². The van der Waals surface area contributed by atoms with Crippen molar-refractivity contribution in [3.63, 3.8) is 0 Å². The van der Waals surface area contributed by atoms with E-state index in [0.29, 0.717) is 16.5 Å². The van der Waals surface area contributed by atoms with E-state index in [9.17, 15) is 4.79 Å². The van der Waals surface area contributed by atoms with Gasteiger partial charge in [-0.25, -0.2) is 15.0 Å². The summed E-state index contributed by atoms with van der Waals surface area (Å²) in [6.45, 7) is 5.62. The molecule has 36 heavy (non-hydrogen) atoms. The number of aromatic amines is 1. The van der Waals surface area contributed by atoms with E-state index in [1.54, 1.807) is 6.33 Å². The second kappa shape index (κ2) is 9.79. The molecular formula is C28H25ClN6O. The van der Waals surface area contributed by atoms with E-state index in [4.69, 9.17) is 11.6 Å². The number of nitrogens with zero attached hydrogens (tertiary/aromatic N) is 3. The van der Waals surface area contributed by atoms with E-state index in [1.807, 2.05) is 55.5 Å². The summed E-state index contributed by atoms with van der Waals surface area (Å²) in [4.78, 5) is 27.5. The molecule has 2 aromatic heterocycles. The number of rotatable bonds is 6. The van der Waals surface area contributed by atoms with Crippen molar-refractivity contribution in [1.82, 2.24) is 19.9 Å². The van der Waals surface area contributed by atoms with Gasteiger partial charge in [0.15, 0.2) is 11.5 Å². The summed E-state index contributed by atoms with van der Waals surface area (Å²) in [5.41, 5.74) is 8.32. The molecule has 0 aliphatic rings. The highest BCUT2D eigenvalue weighted by atomic mass is 35.5. The third-order valence-electron chi connectivity index (χ3n) is 6.15. The first-order valence-electron chi connectivity index (χ1n) is 11.6. The number of aromatic nitrogens is 4. The molecule has 5 aromatic rings. The van der Waals surface area contributed by atoms with Crippen LogP contribution in [0, 0.1) is 6.92 Å². The Morgan fingerprint density at radius 1 is 0.972 bits per heavy atom. The van der Waals surface area contributed by atoms with Crippen LogP contribution in [-0.2, 0) is 4.79 Å². The lowest BCUT2D eigenvalue weighted by molar-refractivity contribution is -0.114. The summed E-state index contributed by atoms with van der Waals surface area (Å²) in [6.07, 6.45) is 3.11. The van der Waals surface area contributed by atoms with E-state index in [-0.39, 0.29) is 11.9 Å². The predicted molar refractivity (Wildman–Crippen MR) is 145 cm³/mol. The maximum atomic E-state index is 11.5. The Hall–Kier alpha value is -4.23. The van der Waals surface area contributed by atoms with Crippen LogP contribution in [0.25, 0.3) is 33.4 Å². The number of carbonyl (C=O) groups is 1. The number of fused-ring (bicyclic) bond motifs is 1. The molecular weight excluding hydrogens is 472 g/mol. The summed E-state index contributed by atoms with van der Waals surface area (Å²) in [6, 6.07) is 20.0. The van der Waals surface area contributed by atoms with Gasteiger partial charge in [-0.1, -0.05) is 54.1 Å². The fourth-order valence-electron chi connectivity index (χ4n) is 4.47. The molecule has 0 saturated carbocycles. The lowest BCUT2D eigenvalue weighted by Crippen LogP contribution is -2.11. The Morgan fingerprint density at radius 2 is 1.69 bits per heavy atom. The normalized spacial score (nSPS) is 11.9. The van der Waals surface area contributed by atoms with Gasteiger partial charge in [0.1, 0.15) is 11.8 Å². The van der Waals surface area contributed by atoms with Gasteiger partial charge in [-0.2, -0.15) is 0 Å². The van der Waals surface area contributed by atoms with Crippen LogP contribution in [-0.4, -0.2) is 25.8 Å². The minimum Gasteiger partial charge on any atom is -0.362 e. The minimum absolute atomic E-state index is 0.107. The Bertz CT molecular complexity index is 1550. The van der Waals surface area contributed by atoms with Crippen molar-refractivity contribution in [1.29, 1.82) is 0 Å². The molecule has 0 fully saturated rings. The number of amides is 1. The number of nitrogens with one attached hydrogen (secondary N) is 3. The standard InChI is InChI=1S/C28H25ClN6O/c1-16-23(29)13-22(17(2)34-28-26-27(31-14-30-26)32-15-33-28)25(19-7-5-4-6-8-19)24(16)20-9-11-21(12-10-20)35-18(3)36/h4-15,17H,1-3H3,(H,35,36)(H2,30,31,32,33,34). The molecule has 0 aliphatic carbocycles. The average Bonchev–Trinajstić information content (AvgIpc) is 3.36. The molecule has 0 radical (unpaired) electrons. The smallest absolute Gasteiger partial charge is 0.221 e. The number of carbonyl (C=O) groups excluding carboxylic acids is 1. The van der Waals surface area contributed by atoms with Gasteiger partial charge in [-0.05, 0) is 65.4 Å². The van der Waals surface area contributed by atoms with Crippen LogP contribution >= 0.6 is 11.6 Å². The Labute approximate surface area is 214 Å². The molecule has 0 saturated heterocycles. The summed E-state index contributed by atoms with van der Waals surface area (Å²) < 4.78 is 0. The monoisotopic (exact) mass is 496 g/mol. The van der Waals surface area contributed by atoms with Crippen LogP contribution < -0.4 is 10.6 Å². The van der Waals surface area contributed by atoms with Crippen molar-refractivity contribution in [3.8, 4) is 22.3 Å². The number of H-pyrrole nitrogens is 1. The SMILES string of the molecule is CC(=O)Nc1ccc(-c2c(C)c(Cl)cc(C(C)Nc3ncnc4nc[nH]c34)c2-c2ccccc2)cc1. The van der Waals surface area contributed by atoms with Gasteiger partial charge in [0.25, 0.3) is 0 Å². The molecule has 3 aromatic carbocycles. The average molecular weight is 497 g/mol. The van der Waals surface area contributed by atoms with Crippen LogP contribution in [0.15, 0.2) is 73.3 Å². The second-order valence-corrected chi connectivity index (χ2v) is 9.04. The highest BCUT2D eigenvalue weighted by molar-refractivity contribution is 6.32. The van der Waals surface area contributed by atoms with Gasteiger partial charge < -0.3 is 15.6 Å². The highest BCUT2D eigenvalue weighted by Crippen LogP contribution is 2.43. The van der Waals surface area contributed by atoms with Crippen LogP contribution in [0.2, 0.25) is 5.02 Å². The van der Waals surface area contributed by atoms with Gasteiger partial charge in [0, 0.05) is 17.6 Å². The van der Waals surface area contributed by atoms with Crippen LogP contribution in [0.4, 0.5) is 11.5 Å². The molecule has 5 rings (SSSR count). The Kier molecular flexibility index (Phi) is 6.40. The van der Waals surface area contributed by atoms with Crippen molar-refractivity contribution in [2.24, 2.45) is 0 Å². The lowest BCUT2D eigenvalue weighted by Gasteiger charge is -2.24. The first kappa shape index (κ1) is 23.5. The van der Waals surface area contributed by atoms with Crippen molar-refractivity contribution < 1.29 is 4.79 Å². The van der Waals surface area contributed by atoms with Gasteiger partial charge in [0.05, 0.1) is 12.4 Å². The highest BCUT2D eigenvalue weighted by Gasteiger charge is 2.22. The summed E-state index contributed by atoms with van der Waals surface area (Å²) in [5, 5.41) is 7.03. The number of anilines is 2. The molecule has 3 N–H and O–H groups in total. The molecule has 1 unspecified atom stereocenters. The quantitative estimate of drug-likeness (QED) is 0.241. The van der Waals surface area contributed by atoms with Gasteiger partial charge in [-0.3, -0.25) is 4.79 Å². The van der Waals surface area contributed by atoms with Crippen LogP contribution in [0.5, 0.6) is 0 Å². The molecule has 7 nitrogen and oxygen atoms in total. The van der Waals surface area contributed by atoms with Crippen molar-refractivity contribution in [3.05, 3.63) is 89.5 Å². The number of hydrogen-bond acceptors (Lipinski definition) is 5. The maximum Gasteiger partial charge on any atom is 0.221 e. The molecule has 0 aliphatic heterocycles. The van der Waals surface area contributed by atoms with Gasteiger partial charge >= 0.3 is 0 Å². The predicted octanol–water partition coefficient (Wildman–Crippen LogP) is 6.78. The summed E-state index contributed by atoms with van der Waals surface area (Å²) in [7, 11) is 0. The first-order chi connectivity index (χ1) is 17.4. The lowest BCUT2D eigenvalue weighted by atomic mass is 9.85. The van der Waals surface area contributed by atoms with E-state index in [1.165, 1.54) is 13.3 Å². The second-order valence-electron chi connectivity index (χ2n) is 8.64. The first-order valence-corrected chi connectivity index (χ1v) is 12.0. The topological polar surface area (TPSA) is 95.6 Å². The summed E-state index contributed by atoms with van der Waals surface area (Å²) in [5.74, 6) is 0.562. The third kappa shape index (κ3) is 4.53. The van der Waals surface area contributed by atoms with E-state index >= 15 is 0 Å². The minimum atomic E-state index is -0.142.